The number of nitrogens with two attached hydrogens (primary N) is 6. The number of hydrogen-bond acceptors (Lipinski definition) is 22. The van der Waals surface area contributed by atoms with Crippen molar-refractivity contribution in [1.29, 1.82) is 5.26 Å². The molecule has 15 atom stereocenters. The number of ketones is 1. The first kappa shape index (κ1) is 91.2. The molecule has 606 valence electrons. The Balaban J connectivity index is 0.000000799. The van der Waals surface area contributed by atoms with Gasteiger partial charge >= 0.3 is 22.7 Å². The minimum absolute atomic E-state index is 0. The Morgan fingerprint density at radius 2 is 1.39 bits per heavy atom. The van der Waals surface area contributed by atoms with Crippen LogP contribution >= 0.6 is 7.82 Å². The Morgan fingerprint density at radius 3 is 1.97 bits per heavy atom. The molecule has 3 aromatic rings. The van der Waals surface area contributed by atoms with Crippen molar-refractivity contribution in [2.45, 2.75) is 228 Å². The van der Waals surface area contributed by atoms with E-state index >= 15 is 0 Å². The van der Waals surface area contributed by atoms with Crippen LogP contribution in [0.5, 0.6) is 0 Å². The fourth-order valence-corrected chi connectivity index (χ4v) is 18.3. The van der Waals surface area contributed by atoms with E-state index in [1.807, 2.05) is 98.7 Å². The number of fused-ring (bicyclic) bond motifs is 7. The van der Waals surface area contributed by atoms with Crippen LogP contribution in [0.15, 0.2) is 92.0 Å². The van der Waals surface area contributed by atoms with Gasteiger partial charge in [-0.05, 0) is 142 Å². The number of aliphatic hydroxyl groups is 2. The molecule has 111 heavy (non-hydrogen) atoms. The molecular weight excluding hydrogens is 1490 g/mol. The van der Waals surface area contributed by atoms with Crippen molar-refractivity contribution in [3.63, 3.8) is 0 Å². The minimum Gasteiger partial charge on any atom is -0.756 e. The standard InChI is InChI=1S/C62H90N13O14P.C15H20O3.CN.Co/c1-29-20-39-40(21-30(29)2)75(28-70-39)57-52(84)53(41(27-76)87-57)89-90(85,86)88-31(3)26-69-49(83)18-19-59(8)37(22-46(66)80)56-62(11)61(10,25-48(68)82)36(14-17-45(65)79)51(74-62)33(5)55-60(9,24-47(67)81)34(12-15-43(63)77)38(71-55)23-42-58(6,7)35(13-16-44(64)78)50(72-42)32(4)54(59)73-56;1-3-4-5-7-12-8-6-9-13(10-12)11-14(16)15(17)18-2;1-2;/h20-21,23,28,31,34-37,41,52-53,56-57,76,84H,12-19,22,24-27H2,1-11H3,(H15,63,64,65,66,67,68,69,71,72,73,74,77,78,79,80,81,82,83,85,86);6,8-10H,3-5,7,11H2,1-2H3;;/q;;-1;+3/p-2/t31?,34-,35-,36-,37+,41-,52-,53-,56-,57+,59-,60+,61+,62+;;;/m1.../s1. The van der Waals surface area contributed by atoms with Crippen molar-refractivity contribution in [2.75, 3.05) is 20.3 Å². The van der Waals surface area contributed by atoms with E-state index in [9.17, 15) is 62.8 Å². The Labute approximate surface area is 658 Å². The monoisotopic (exact) mass is 1600 g/mol. The zero-order valence-electron chi connectivity index (χ0n) is 65.5. The predicted octanol–water partition coefficient (Wildman–Crippen LogP) is 6.11. The van der Waals surface area contributed by atoms with Gasteiger partial charge in [0.2, 0.25) is 47.1 Å². The van der Waals surface area contributed by atoms with Crippen LogP contribution in [0, 0.1) is 71.0 Å². The number of aromatic nitrogens is 2. The molecule has 2 unspecified atom stereocenters. The van der Waals surface area contributed by atoms with E-state index in [1.54, 1.807) is 6.92 Å². The Bertz CT molecular complexity index is 4340. The van der Waals surface area contributed by atoms with Gasteiger partial charge in [0.1, 0.15) is 18.3 Å². The van der Waals surface area contributed by atoms with Crippen molar-refractivity contribution < 1.29 is 98.1 Å². The molecule has 0 radical (unpaired) electrons. The summed E-state index contributed by atoms with van der Waals surface area (Å²) in [6.07, 6.45) is -0.0812. The second kappa shape index (κ2) is 37.3. The number of allylic oxidation sites excluding steroid dienone is 6. The van der Waals surface area contributed by atoms with Crippen molar-refractivity contribution in [3.8, 4) is 0 Å². The number of aryl methyl sites for hydroxylation is 3. The number of carbonyl (C=O) groups excluding carboxylic acids is 9. The molecule has 33 heteroatoms. The number of ether oxygens (including phenoxy) is 2. The molecule has 8 bridgehead atoms. The van der Waals surface area contributed by atoms with Crippen LogP contribution in [0.2, 0.25) is 0 Å². The molecule has 6 aliphatic heterocycles. The van der Waals surface area contributed by atoms with E-state index in [1.165, 1.54) is 43.3 Å². The van der Waals surface area contributed by atoms with E-state index in [4.69, 9.17) is 80.3 Å². The number of methoxy groups -OCH3 is 1. The number of primary amides is 6. The third-order valence-corrected chi connectivity index (χ3v) is 24.4. The number of aliphatic imine (C=N–C) groups is 3. The largest absolute Gasteiger partial charge is 3.00 e. The summed E-state index contributed by atoms with van der Waals surface area (Å²) in [4.78, 5) is 150. The summed E-state index contributed by atoms with van der Waals surface area (Å²) >= 11 is 0. The van der Waals surface area contributed by atoms with Crippen LogP contribution in [0.4, 0.5) is 0 Å². The molecule has 1 aromatic heterocycles. The smallest absolute Gasteiger partial charge is 0.756 e. The second-order valence-electron chi connectivity index (χ2n) is 31.4. The second-order valence-corrected chi connectivity index (χ2v) is 32.7. The summed E-state index contributed by atoms with van der Waals surface area (Å²) in [5, 5.41) is 36.4. The molecule has 0 aliphatic carbocycles. The fourth-order valence-electron chi connectivity index (χ4n) is 17.2. The molecular formula is C78H108CoN14O17P. The number of unbranched alkanes of at least 4 members (excludes halogenated alkanes) is 2. The number of rotatable bonds is 33. The molecule has 7 amide bonds. The van der Waals surface area contributed by atoms with Gasteiger partial charge in [-0.1, -0.05) is 91.1 Å². The molecule has 15 N–H and O–H groups in total. The molecule has 2 fully saturated rings. The van der Waals surface area contributed by atoms with Crippen LogP contribution in [0.3, 0.4) is 0 Å². The summed E-state index contributed by atoms with van der Waals surface area (Å²) in [5.41, 5.74) is 38.8. The molecule has 0 spiro atoms. The number of esters is 1. The number of imidazole rings is 1. The van der Waals surface area contributed by atoms with Gasteiger partial charge in [-0.25, -0.2) is 9.78 Å². The number of nitrogens with one attached hydrogen (secondary N) is 1. The first-order valence-corrected chi connectivity index (χ1v) is 38.5. The van der Waals surface area contributed by atoms with Gasteiger partial charge in [0.25, 0.3) is 7.82 Å². The zero-order chi connectivity index (χ0) is 82.1. The van der Waals surface area contributed by atoms with E-state index in [-0.39, 0.29) is 100 Å². The van der Waals surface area contributed by atoms with Crippen LogP contribution in [0.25, 0.3) is 16.4 Å². The Kier molecular flexibility index (Phi) is 30.7. The van der Waals surface area contributed by atoms with Gasteiger partial charge in [-0.3, -0.25) is 57.9 Å². The number of hydrogen-bond donors (Lipinski definition) is 9. The number of Topliss-reactive ketones (excluding diaryl/α,β-unsaturated/α-hetero) is 1. The van der Waals surface area contributed by atoms with Gasteiger partial charge in [-0.2, -0.15) is 5.70 Å². The average molecular weight is 1600 g/mol. The van der Waals surface area contributed by atoms with Gasteiger partial charge in [0, 0.05) is 121 Å². The average Bonchev–Trinajstić information content (AvgIpc) is 1.53. The van der Waals surface area contributed by atoms with Gasteiger partial charge in [-0.15, -0.1) is 0 Å². The SMILES string of the molecule is C/C1=C2N=C(/C=C3N=C(/C(C)=C4\[N-][C@@](C)([C@@H]5N=C1[C@](C)(CCC(=O)NCC(C)OP(=O)([O-])O[C@H]1[C@@H](O)[C@@H](n6cnc7cc(C)c(C)cc76)O[C@@H]1CO)[C@H]5CC(N)=O)[C@@](C)(CC(N)=O)[C@@H]4CCC(N)=O)[C@@](C)(CC(N)=O)[C@@H]\3CCC(N)=O)C(C)(C)[C@@H]/2CCC(N)=O.CCCCCc1cccc(CC(=O)C(=O)OC)c1.[C-]#N.[Co+3]. The van der Waals surface area contributed by atoms with E-state index in [0.717, 1.165) is 29.5 Å². The number of phosphoric acid groups is 1. The molecule has 31 nitrogen and oxygen atoms in total. The normalized spacial score (nSPS) is 29.4. The van der Waals surface area contributed by atoms with Gasteiger partial charge in [0.05, 0.1) is 37.2 Å². The van der Waals surface area contributed by atoms with Gasteiger partial charge < -0.3 is 95.1 Å². The summed E-state index contributed by atoms with van der Waals surface area (Å²) in [6.45, 7) is 25.9. The van der Waals surface area contributed by atoms with Crippen molar-refractivity contribution in [1.82, 2.24) is 14.9 Å². The number of nitrogens with zero attached hydrogens (tertiary/aromatic N) is 7. The van der Waals surface area contributed by atoms with E-state index in [0.29, 0.717) is 56.4 Å². The quantitative estimate of drug-likeness (QED) is 0.0109. The number of aliphatic hydroxyl groups excluding tert-OH is 2. The number of benzene rings is 2. The van der Waals surface area contributed by atoms with Crippen LogP contribution in [-0.4, -0.2) is 146 Å². The molecule has 6 aliphatic rings. The number of carbonyl (C=O) groups is 9. The van der Waals surface area contributed by atoms with Crippen LogP contribution < -0.4 is 44.6 Å². The third-order valence-electron chi connectivity index (χ3n) is 23.3. The fraction of sp³-hybridized carbons (Fsp3) is 0.590. The number of amides is 7. The summed E-state index contributed by atoms with van der Waals surface area (Å²) < 4.78 is 36.3. The Hall–Kier alpha value is -8.64. The van der Waals surface area contributed by atoms with Crippen LogP contribution in [0.1, 0.15) is 188 Å². The van der Waals surface area contributed by atoms with Crippen molar-refractivity contribution in [2.24, 2.45) is 94.7 Å². The van der Waals surface area contributed by atoms with E-state index < -0.39 is 155 Å². The minimum atomic E-state index is -5.32. The maximum absolute atomic E-state index is 14.4. The predicted molar refractivity (Wildman–Crippen MR) is 407 cm³/mol. The first-order valence-electron chi connectivity index (χ1n) is 37.1. The van der Waals surface area contributed by atoms with Crippen LogP contribution in [-0.2, 0) is 95.9 Å². The van der Waals surface area contributed by atoms with Gasteiger partial charge in [0.15, 0.2) is 6.23 Å². The summed E-state index contributed by atoms with van der Waals surface area (Å²) in [6, 6.07) is 10.5. The molecule has 0 saturated carbocycles. The maximum atomic E-state index is 14.4. The van der Waals surface area contributed by atoms with Crippen molar-refractivity contribution in [3.05, 3.63) is 111 Å². The topological polar surface area (TPSA) is 532 Å². The molecule has 2 saturated heterocycles. The molecule has 7 heterocycles. The van der Waals surface area contributed by atoms with Crippen molar-refractivity contribution >= 4 is 89.1 Å². The third kappa shape index (κ3) is 20.1. The first-order chi connectivity index (χ1) is 51.5. The number of phosphoric ester groups is 1. The van der Waals surface area contributed by atoms with E-state index in [2.05, 4.69) is 28.0 Å². The Morgan fingerprint density at radius 1 is 0.784 bits per heavy atom. The molecule has 2 aromatic carbocycles. The summed E-state index contributed by atoms with van der Waals surface area (Å²) in [5.74, 6) is -8.67. The maximum Gasteiger partial charge on any atom is 3.00 e. The molecule has 9 rings (SSSR count). The zero-order valence-corrected chi connectivity index (χ0v) is 67.4. The summed E-state index contributed by atoms with van der Waals surface area (Å²) in [7, 11) is -4.10.